The fraction of sp³-hybridized carbons (Fsp3) is 0.360. The lowest BCUT2D eigenvalue weighted by atomic mass is 9.92. The molecule has 0 spiro atoms. The maximum absolute atomic E-state index is 12.7. The lowest BCUT2D eigenvalue weighted by Gasteiger charge is -2.31. The zero-order valence-corrected chi connectivity index (χ0v) is 18.7. The first kappa shape index (κ1) is 20.4. The summed E-state index contributed by atoms with van der Waals surface area (Å²) < 4.78 is 7.28. The molecule has 164 valence electrons. The predicted octanol–water partition coefficient (Wildman–Crippen LogP) is 5.00. The summed E-state index contributed by atoms with van der Waals surface area (Å²) in [6.07, 6.45) is 3.64. The highest BCUT2D eigenvalue weighted by molar-refractivity contribution is 5.92. The third kappa shape index (κ3) is 3.68. The van der Waals surface area contributed by atoms with Crippen molar-refractivity contribution < 1.29 is 9.32 Å². The molecule has 0 saturated carbocycles. The van der Waals surface area contributed by atoms with E-state index in [-0.39, 0.29) is 5.91 Å². The van der Waals surface area contributed by atoms with Crippen LogP contribution in [-0.4, -0.2) is 43.6 Å². The molecule has 1 amide bonds. The van der Waals surface area contributed by atoms with Crippen LogP contribution in [0.1, 0.15) is 60.6 Å². The average molecular weight is 430 g/mol. The monoisotopic (exact) mass is 429 g/mol. The van der Waals surface area contributed by atoms with Crippen molar-refractivity contribution in [3.63, 3.8) is 0 Å². The van der Waals surface area contributed by atoms with Gasteiger partial charge >= 0.3 is 0 Å². The van der Waals surface area contributed by atoms with E-state index < -0.39 is 0 Å². The van der Waals surface area contributed by atoms with Crippen LogP contribution in [0, 0.1) is 6.92 Å². The molecule has 7 heteroatoms. The summed E-state index contributed by atoms with van der Waals surface area (Å²) in [6, 6.07) is 14.4. The molecule has 0 N–H and O–H groups in total. The Morgan fingerprint density at radius 1 is 1.12 bits per heavy atom. The largest absolute Gasteiger partial charge is 0.361 e. The minimum Gasteiger partial charge on any atom is -0.361 e. The van der Waals surface area contributed by atoms with Crippen molar-refractivity contribution in [1.29, 1.82) is 0 Å². The van der Waals surface area contributed by atoms with E-state index in [9.17, 15) is 4.79 Å². The van der Waals surface area contributed by atoms with Gasteiger partial charge in [-0.3, -0.25) is 9.78 Å². The maximum Gasteiger partial charge on any atom is 0.276 e. The smallest absolute Gasteiger partial charge is 0.276 e. The van der Waals surface area contributed by atoms with Crippen molar-refractivity contribution in [1.82, 2.24) is 24.6 Å². The SMILES string of the molecule is Cc1cc(C(=O)N2CCC(c3cc4c(ncn4C(C)C)c(-c4ccccc4)n3)CC2)no1. The van der Waals surface area contributed by atoms with Crippen LogP contribution in [-0.2, 0) is 0 Å². The lowest BCUT2D eigenvalue weighted by molar-refractivity contribution is 0.0701. The molecular weight excluding hydrogens is 402 g/mol. The number of carbonyl (C=O) groups is 1. The number of amides is 1. The molecule has 0 bridgehead atoms. The number of imidazole rings is 1. The molecule has 0 radical (unpaired) electrons. The molecule has 4 aromatic rings. The number of piperidine rings is 1. The molecule has 1 fully saturated rings. The van der Waals surface area contributed by atoms with E-state index in [4.69, 9.17) is 14.5 Å². The standard InChI is InChI=1S/C25H27N5O2/c1-16(2)30-15-26-24-22(30)14-20(27-23(24)19-7-5-4-6-8-19)18-9-11-29(12-10-18)25(31)21-13-17(3)32-28-21/h4-8,13-16,18H,9-12H2,1-3H3. The van der Waals surface area contributed by atoms with Crippen LogP contribution >= 0.6 is 0 Å². The highest BCUT2D eigenvalue weighted by Gasteiger charge is 2.28. The number of fused-ring (bicyclic) bond motifs is 1. The highest BCUT2D eigenvalue weighted by atomic mass is 16.5. The van der Waals surface area contributed by atoms with Gasteiger partial charge < -0.3 is 14.0 Å². The van der Waals surface area contributed by atoms with Gasteiger partial charge in [-0.25, -0.2) is 4.98 Å². The first-order valence-corrected chi connectivity index (χ1v) is 11.2. The topological polar surface area (TPSA) is 77.1 Å². The first-order valence-electron chi connectivity index (χ1n) is 11.2. The molecule has 1 aromatic carbocycles. The van der Waals surface area contributed by atoms with Crippen LogP contribution in [0.25, 0.3) is 22.3 Å². The van der Waals surface area contributed by atoms with Crippen molar-refractivity contribution in [3.8, 4) is 11.3 Å². The van der Waals surface area contributed by atoms with E-state index in [0.29, 0.717) is 36.5 Å². The molecule has 0 unspecified atom stereocenters. The molecular formula is C25H27N5O2. The van der Waals surface area contributed by atoms with E-state index in [1.807, 2.05) is 29.4 Å². The fourth-order valence-corrected chi connectivity index (χ4v) is 4.48. The molecule has 0 aliphatic carbocycles. The number of benzene rings is 1. The number of pyridine rings is 1. The van der Waals surface area contributed by atoms with Gasteiger partial charge in [0.1, 0.15) is 11.3 Å². The Bertz CT molecular complexity index is 1250. The van der Waals surface area contributed by atoms with Crippen LogP contribution in [0.4, 0.5) is 0 Å². The van der Waals surface area contributed by atoms with Gasteiger partial charge in [0.05, 0.1) is 17.5 Å². The number of likely N-dealkylation sites (tertiary alicyclic amines) is 1. The van der Waals surface area contributed by atoms with Gasteiger partial charge in [0.15, 0.2) is 5.69 Å². The van der Waals surface area contributed by atoms with E-state index >= 15 is 0 Å². The van der Waals surface area contributed by atoms with Crippen molar-refractivity contribution in [2.24, 2.45) is 0 Å². The summed E-state index contributed by atoms with van der Waals surface area (Å²) in [5.74, 6) is 0.878. The quantitative estimate of drug-likeness (QED) is 0.456. The number of aromatic nitrogens is 4. The number of rotatable bonds is 4. The summed E-state index contributed by atoms with van der Waals surface area (Å²) >= 11 is 0. The third-order valence-corrected chi connectivity index (χ3v) is 6.23. The molecule has 4 heterocycles. The normalized spacial score (nSPS) is 15.1. The van der Waals surface area contributed by atoms with Crippen molar-refractivity contribution >= 4 is 16.9 Å². The van der Waals surface area contributed by atoms with E-state index in [2.05, 4.69) is 41.8 Å². The van der Waals surface area contributed by atoms with Gasteiger partial charge in [-0.15, -0.1) is 0 Å². The second-order valence-corrected chi connectivity index (χ2v) is 8.76. The summed E-state index contributed by atoms with van der Waals surface area (Å²) in [6.45, 7) is 7.49. The van der Waals surface area contributed by atoms with Gasteiger partial charge in [-0.1, -0.05) is 35.5 Å². The number of hydrogen-bond donors (Lipinski definition) is 0. The first-order chi connectivity index (χ1) is 15.5. The van der Waals surface area contributed by atoms with Gasteiger partial charge in [-0.05, 0) is 39.7 Å². The van der Waals surface area contributed by atoms with Crippen LogP contribution in [0.3, 0.4) is 0 Å². The van der Waals surface area contributed by atoms with E-state index in [0.717, 1.165) is 40.8 Å². The van der Waals surface area contributed by atoms with E-state index in [1.165, 1.54) is 0 Å². The Hall–Kier alpha value is -3.48. The van der Waals surface area contributed by atoms with Crippen molar-refractivity contribution in [3.05, 3.63) is 65.9 Å². The predicted molar refractivity (Wildman–Crippen MR) is 122 cm³/mol. The van der Waals surface area contributed by atoms with Crippen LogP contribution in [0.15, 0.2) is 53.3 Å². The Morgan fingerprint density at radius 2 is 1.88 bits per heavy atom. The van der Waals surface area contributed by atoms with Gasteiger partial charge in [0, 0.05) is 42.4 Å². The summed E-state index contributed by atoms with van der Waals surface area (Å²) in [5, 5.41) is 3.88. The third-order valence-electron chi connectivity index (χ3n) is 6.23. The molecule has 1 aliphatic rings. The number of carbonyl (C=O) groups excluding carboxylic acids is 1. The van der Waals surface area contributed by atoms with Crippen LogP contribution < -0.4 is 0 Å². The van der Waals surface area contributed by atoms with Crippen LogP contribution in [0.5, 0.6) is 0 Å². The molecule has 0 atom stereocenters. The second kappa shape index (κ2) is 8.22. The molecule has 5 rings (SSSR count). The Morgan fingerprint density at radius 3 is 2.53 bits per heavy atom. The van der Waals surface area contributed by atoms with Crippen molar-refractivity contribution in [2.75, 3.05) is 13.1 Å². The van der Waals surface area contributed by atoms with Gasteiger partial charge in [0.25, 0.3) is 5.91 Å². The summed E-state index contributed by atoms with van der Waals surface area (Å²) in [4.78, 5) is 24.4. The lowest BCUT2D eigenvalue weighted by Crippen LogP contribution is -2.38. The van der Waals surface area contributed by atoms with Gasteiger partial charge in [-0.2, -0.15) is 0 Å². The molecule has 32 heavy (non-hydrogen) atoms. The molecule has 1 saturated heterocycles. The minimum absolute atomic E-state index is 0.0634. The van der Waals surface area contributed by atoms with Gasteiger partial charge in [0.2, 0.25) is 0 Å². The number of nitrogens with zero attached hydrogens (tertiary/aromatic N) is 5. The Labute approximate surface area is 187 Å². The average Bonchev–Trinajstić information content (AvgIpc) is 3.45. The van der Waals surface area contributed by atoms with Crippen molar-refractivity contribution in [2.45, 2.75) is 45.6 Å². The maximum atomic E-state index is 12.7. The summed E-state index contributed by atoms with van der Waals surface area (Å²) in [7, 11) is 0. The molecule has 7 nitrogen and oxygen atoms in total. The number of aryl methyl sites for hydroxylation is 1. The molecule has 3 aromatic heterocycles. The summed E-state index contributed by atoms with van der Waals surface area (Å²) in [5.41, 5.74) is 5.50. The molecule has 1 aliphatic heterocycles. The Balaban J connectivity index is 1.45. The second-order valence-electron chi connectivity index (χ2n) is 8.76. The fourth-order valence-electron chi connectivity index (χ4n) is 4.48. The Kier molecular flexibility index (Phi) is 5.25. The zero-order chi connectivity index (χ0) is 22.2. The number of hydrogen-bond acceptors (Lipinski definition) is 5. The minimum atomic E-state index is -0.0634. The van der Waals surface area contributed by atoms with E-state index in [1.54, 1.807) is 13.0 Å². The highest BCUT2D eigenvalue weighted by Crippen LogP contribution is 2.34. The zero-order valence-electron chi connectivity index (χ0n) is 18.7. The van der Waals surface area contributed by atoms with Crippen LogP contribution in [0.2, 0.25) is 0 Å².